The predicted molar refractivity (Wildman–Crippen MR) is 137 cm³/mol. The van der Waals surface area contributed by atoms with Crippen molar-refractivity contribution in [2.45, 2.75) is 89.1 Å². The number of fused-ring (bicyclic) bond motifs is 1. The number of anilines is 1. The van der Waals surface area contributed by atoms with Gasteiger partial charge in [0.15, 0.2) is 17.5 Å². The van der Waals surface area contributed by atoms with Crippen molar-refractivity contribution in [3.63, 3.8) is 0 Å². The van der Waals surface area contributed by atoms with Crippen LogP contribution in [-0.2, 0) is 0 Å². The van der Waals surface area contributed by atoms with Gasteiger partial charge in [0, 0.05) is 30.4 Å². The summed E-state index contributed by atoms with van der Waals surface area (Å²) < 4.78 is 19.3. The summed E-state index contributed by atoms with van der Waals surface area (Å²) in [6.45, 7) is 1.38. The summed E-state index contributed by atoms with van der Waals surface area (Å²) in [6.07, 6.45) is 15.0. The number of nitrogens with two attached hydrogens (primary N) is 1. The van der Waals surface area contributed by atoms with E-state index < -0.39 is 5.82 Å². The lowest BCUT2D eigenvalue weighted by Crippen LogP contribution is -2.52. The highest BCUT2D eigenvalue weighted by molar-refractivity contribution is 6.01. The number of guanidine groups is 2. The van der Waals surface area contributed by atoms with Crippen LogP contribution in [0.25, 0.3) is 0 Å². The monoisotopic (exact) mass is 472 g/mol. The van der Waals surface area contributed by atoms with Crippen LogP contribution in [-0.4, -0.2) is 49.2 Å². The molecule has 2 aliphatic carbocycles. The van der Waals surface area contributed by atoms with Gasteiger partial charge in [0.05, 0.1) is 13.8 Å². The average Bonchev–Trinajstić information content (AvgIpc) is 3.12. The van der Waals surface area contributed by atoms with E-state index in [4.69, 9.17) is 20.5 Å². The number of benzene rings is 1. The number of hydrogen-bond donors (Lipinski definition) is 3. The molecule has 3 fully saturated rings. The maximum Gasteiger partial charge on any atom is 0.227 e. The highest BCUT2D eigenvalue weighted by Gasteiger charge is 2.34. The minimum absolute atomic E-state index is 0.207. The summed E-state index contributed by atoms with van der Waals surface area (Å²) >= 11 is 0. The first kappa shape index (κ1) is 24.8. The lowest BCUT2D eigenvalue weighted by molar-refractivity contribution is 0.118. The van der Waals surface area contributed by atoms with Gasteiger partial charge in [0.2, 0.25) is 5.96 Å². The number of halogens is 1. The normalized spacial score (nSPS) is 24.9. The molecule has 3 aliphatic rings. The molecule has 0 radical (unpaired) electrons. The van der Waals surface area contributed by atoms with Crippen molar-refractivity contribution in [3.8, 4) is 5.75 Å². The molecule has 2 unspecified atom stereocenters. The van der Waals surface area contributed by atoms with Gasteiger partial charge in [-0.15, -0.1) is 0 Å². The number of rotatable bonds is 5. The minimum atomic E-state index is -0.429. The Kier molecular flexibility index (Phi) is 9.02. The van der Waals surface area contributed by atoms with Crippen LogP contribution < -0.4 is 21.1 Å². The number of nitrogens with zero attached hydrogens (tertiary/aromatic N) is 3. The fourth-order valence-corrected chi connectivity index (χ4v) is 5.79. The van der Waals surface area contributed by atoms with Gasteiger partial charge in [0.25, 0.3) is 0 Å². The van der Waals surface area contributed by atoms with Crippen LogP contribution >= 0.6 is 0 Å². The maximum atomic E-state index is 14.3. The Morgan fingerprint density at radius 2 is 1.79 bits per heavy atom. The minimum Gasteiger partial charge on any atom is -0.494 e. The van der Waals surface area contributed by atoms with Crippen molar-refractivity contribution in [1.29, 1.82) is 0 Å². The van der Waals surface area contributed by atoms with Crippen LogP contribution in [0.15, 0.2) is 28.2 Å². The number of ether oxygens (including phenoxy) is 1. The zero-order valence-corrected chi connectivity index (χ0v) is 20.6. The molecular formula is C26H41FN6O. The first-order chi connectivity index (χ1) is 16.6. The van der Waals surface area contributed by atoms with E-state index in [2.05, 4.69) is 15.5 Å². The molecule has 0 amide bonds. The SMILES string of the molecule is COc1ccc(NC(=N/CNC2CCCCCC2)/N=C(\N)N2CCCC3CCCCC32)cc1F. The third-order valence-corrected chi connectivity index (χ3v) is 7.63. The maximum absolute atomic E-state index is 14.3. The number of hydrogen-bond acceptors (Lipinski definition) is 3. The third kappa shape index (κ3) is 6.62. The van der Waals surface area contributed by atoms with E-state index in [1.165, 1.54) is 83.8 Å². The van der Waals surface area contributed by atoms with Gasteiger partial charge in [0.1, 0.15) is 0 Å². The summed E-state index contributed by atoms with van der Waals surface area (Å²) in [5.41, 5.74) is 7.13. The van der Waals surface area contributed by atoms with Gasteiger partial charge in [-0.3, -0.25) is 5.32 Å². The largest absolute Gasteiger partial charge is 0.494 e. The van der Waals surface area contributed by atoms with E-state index in [1.54, 1.807) is 12.1 Å². The van der Waals surface area contributed by atoms with Gasteiger partial charge < -0.3 is 20.7 Å². The van der Waals surface area contributed by atoms with Crippen LogP contribution in [0.1, 0.15) is 77.0 Å². The van der Waals surface area contributed by atoms with Crippen molar-refractivity contribution < 1.29 is 9.13 Å². The molecule has 0 bridgehead atoms. The summed E-state index contributed by atoms with van der Waals surface area (Å²) in [5, 5.41) is 6.74. The molecule has 1 saturated heterocycles. The fraction of sp³-hybridized carbons (Fsp3) is 0.692. The summed E-state index contributed by atoms with van der Waals surface area (Å²) in [4.78, 5) is 11.7. The lowest BCUT2D eigenvalue weighted by atomic mass is 9.78. The Labute approximate surface area is 203 Å². The fourth-order valence-electron chi connectivity index (χ4n) is 5.79. The molecule has 1 aromatic carbocycles. The van der Waals surface area contributed by atoms with Crippen molar-refractivity contribution in [1.82, 2.24) is 10.2 Å². The molecule has 1 aliphatic heterocycles. The van der Waals surface area contributed by atoms with Crippen LogP contribution in [0.4, 0.5) is 10.1 Å². The number of nitrogens with one attached hydrogen (secondary N) is 2. The van der Waals surface area contributed by atoms with Gasteiger partial charge in [-0.05, 0) is 56.6 Å². The van der Waals surface area contributed by atoms with E-state index in [0.29, 0.717) is 42.3 Å². The number of likely N-dealkylation sites (tertiary alicyclic amines) is 1. The highest BCUT2D eigenvalue weighted by atomic mass is 19.1. The molecule has 7 nitrogen and oxygen atoms in total. The standard InChI is InChI=1S/C26H41FN6O/c1-34-24-15-14-21(17-22(24)27)31-26(30-18-29-20-11-4-2-3-5-12-20)32-25(28)33-16-8-10-19-9-6-7-13-23(19)33/h14-15,17,19-20,23,29H,2-13,16,18H2,1H3,(H3,28,30,31,32). The Morgan fingerprint density at radius 3 is 2.56 bits per heavy atom. The van der Waals surface area contributed by atoms with Crippen LogP contribution in [0.3, 0.4) is 0 Å². The predicted octanol–water partition coefficient (Wildman–Crippen LogP) is 4.84. The molecule has 4 rings (SSSR count). The van der Waals surface area contributed by atoms with Gasteiger partial charge >= 0.3 is 0 Å². The summed E-state index contributed by atoms with van der Waals surface area (Å²) in [7, 11) is 1.46. The lowest BCUT2D eigenvalue weighted by Gasteiger charge is -2.44. The van der Waals surface area contributed by atoms with Crippen molar-refractivity contribution in [3.05, 3.63) is 24.0 Å². The molecular weight excluding hydrogens is 431 g/mol. The van der Waals surface area contributed by atoms with Gasteiger partial charge in [-0.2, -0.15) is 4.99 Å². The first-order valence-electron chi connectivity index (χ1n) is 13.1. The van der Waals surface area contributed by atoms with Crippen molar-refractivity contribution in [2.75, 3.05) is 25.6 Å². The number of methoxy groups -OCH3 is 1. The summed E-state index contributed by atoms with van der Waals surface area (Å²) in [6, 6.07) is 5.72. The highest BCUT2D eigenvalue weighted by Crippen LogP contribution is 2.35. The topological polar surface area (TPSA) is 87.3 Å². The molecule has 34 heavy (non-hydrogen) atoms. The van der Waals surface area contributed by atoms with Crippen molar-refractivity contribution >= 4 is 17.6 Å². The molecule has 0 spiro atoms. The van der Waals surface area contributed by atoms with Gasteiger partial charge in [-0.25, -0.2) is 9.38 Å². The average molecular weight is 473 g/mol. The molecule has 8 heteroatoms. The molecule has 0 aromatic heterocycles. The Bertz CT molecular complexity index is 850. The number of piperidine rings is 1. The molecule has 188 valence electrons. The molecule has 1 heterocycles. The van der Waals surface area contributed by atoms with Crippen LogP contribution in [0, 0.1) is 11.7 Å². The van der Waals surface area contributed by atoms with E-state index >= 15 is 0 Å². The zero-order chi connectivity index (χ0) is 23.8. The molecule has 2 atom stereocenters. The van der Waals surface area contributed by atoms with Crippen molar-refractivity contribution in [2.24, 2.45) is 21.6 Å². The second-order valence-electron chi connectivity index (χ2n) is 9.92. The molecule has 1 aromatic rings. The number of aliphatic imine (C=N–C) groups is 2. The van der Waals surface area contributed by atoms with Crippen LogP contribution in [0.2, 0.25) is 0 Å². The smallest absolute Gasteiger partial charge is 0.227 e. The zero-order valence-electron chi connectivity index (χ0n) is 20.6. The quantitative estimate of drug-likeness (QED) is 0.324. The molecule has 4 N–H and O–H groups in total. The Morgan fingerprint density at radius 1 is 1.06 bits per heavy atom. The summed E-state index contributed by atoms with van der Waals surface area (Å²) in [5.74, 6) is 1.39. The van der Waals surface area contributed by atoms with Crippen LogP contribution in [0.5, 0.6) is 5.75 Å². The Balaban J connectivity index is 1.50. The Hall–Kier alpha value is -2.35. The first-order valence-corrected chi connectivity index (χ1v) is 13.1. The third-order valence-electron chi connectivity index (χ3n) is 7.63. The molecule has 2 saturated carbocycles. The van der Waals surface area contributed by atoms with E-state index in [0.717, 1.165) is 13.0 Å². The second-order valence-corrected chi connectivity index (χ2v) is 9.92. The van der Waals surface area contributed by atoms with E-state index in [1.807, 2.05) is 0 Å². The van der Waals surface area contributed by atoms with Gasteiger partial charge in [-0.1, -0.05) is 38.5 Å². The second kappa shape index (κ2) is 12.4. The van der Waals surface area contributed by atoms with E-state index in [9.17, 15) is 4.39 Å². The van der Waals surface area contributed by atoms with E-state index in [-0.39, 0.29) is 5.75 Å².